The highest BCUT2D eigenvalue weighted by molar-refractivity contribution is 7.61. The maximum absolute atomic E-state index is 12.2. The minimum atomic E-state index is -5.31. The number of nitrogens with zero attached hydrogens (tertiary/aromatic N) is 4. The average molecular weight is 559 g/mol. The number of hydrogen-bond donors (Lipinski definition) is 8. The first-order valence-corrected chi connectivity index (χ1v) is 13.1. The third-order valence-electron chi connectivity index (χ3n) is 5.35. The molecule has 36 heavy (non-hydrogen) atoms. The first-order chi connectivity index (χ1) is 16.8. The van der Waals surface area contributed by atoms with Gasteiger partial charge in [-0.2, -0.15) is 4.31 Å². The molecule has 2 aliphatic heterocycles. The number of ether oxygens (including phenoxy) is 2. The molecule has 21 heteroatoms. The molecular weight excluding hydrogens is 536 g/mol. The van der Waals surface area contributed by atoms with Crippen LogP contribution >= 0.6 is 15.6 Å². The monoisotopic (exact) mass is 559 g/mol. The molecule has 19 nitrogen and oxygen atoms in total. The van der Waals surface area contributed by atoms with E-state index in [-0.39, 0.29) is 17.0 Å². The quantitative estimate of drug-likeness (QED) is 0.140. The van der Waals surface area contributed by atoms with E-state index in [1.54, 1.807) is 0 Å². The molecule has 2 aromatic rings. The van der Waals surface area contributed by atoms with Gasteiger partial charge in [0.1, 0.15) is 48.5 Å². The lowest BCUT2D eigenvalue weighted by Gasteiger charge is -2.20. The van der Waals surface area contributed by atoms with Crippen molar-refractivity contribution in [2.24, 2.45) is 0 Å². The fourth-order valence-corrected chi connectivity index (χ4v) is 5.62. The van der Waals surface area contributed by atoms with Crippen molar-refractivity contribution in [3.05, 3.63) is 12.7 Å². The molecule has 0 aromatic carbocycles. The Morgan fingerprint density at radius 1 is 0.889 bits per heavy atom. The molecule has 2 saturated heterocycles. The number of nitrogen functional groups attached to an aromatic ring is 1. The Balaban J connectivity index is 1.34. The third-order valence-corrected chi connectivity index (χ3v) is 7.95. The van der Waals surface area contributed by atoms with Crippen LogP contribution in [-0.2, 0) is 32.0 Å². The second-order valence-electron chi connectivity index (χ2n) is 7.79. The predicted octanol–water partition coefficient (Wildman–Crippen LogP) is -3.28. The standard InChI is InChI=1S/C15H23N5O14P2/c16-12-7-13(18-3-17-12)20(4-19-7)14-10(23)8(21)5(32-14)1-30-35(26,27)34-36(28,29)31-2-6-9(22)11(24)15(25)33-6/h3-6,8-11,14-15,21-25H,1-2H2,(H,26,27)(H,28,29)(H2,16,17,18)/t5-,6-,8+,9-,10-,11-,14-,15+/m1/s1. The summed E-state index contributed by atoms with van der Waals surface area (Å²) in [6, 6.07) is 0. The summed E-state index contributed by atoms with van der Waals surface area (Å²) >= 11 is 0. The third kappa shape index (κ3) is 5.59. The molecule has 2 aliphatic rings. The van der Waals surface area contributed by atoms with Gasteiger partial charge in [-0.3, -0.25) is 13.6 Å². The Hall–Kier alpha value is -1.67. The molecule has 0 aliphatic carbocycles. The van der Waals surface area contributed by atoms with Crippen molar-refractivity contribution >= 4 is 32.6 Å². The number of aliphatic hydroxyl groups excluding tert-OH is 5. The van der Waals surface area contributed by atoms with Gasteiger partial charge in [-0.1, -0.05) is 0 Å². The maximum Gasteiger partial charge on any atom is 0.481 e. The van der Waals surface area contributed by atoms with E-state index in [0.717, 1.165) is 6.33 Å². The Labute approximate surface area is 200 Å². The van der Waals surface area contributed by atoms with Gasteiger partial charge in [0.05, 0.1) is 19.5 Å². The fourth-order valence-electron chi connectivity index (χ4n) is 3.53. The largest absolute Gasteiger partial charge is 0.481 e. The molecule has 0 amide bonds. The molecule has 0 spiro atoms. The van der Waals surface area contributed by atoms with Crippen LogP contribution in [0.1, 0.15) is 6.23 Å². The number of anilines is 1. The van der Waals surface area contributed by atoms with Crippen molar-refractivity contribution in [3.63, 3.8) is 0 Å². The van der Waals surface area contributed by atoms with Crippen LogP contribution in [0.15, 0.2) is 12.7 Å². The summed E-state index contributed by atoms with van der Waals surface area (Å²) in [5.41, 5.74) is 6.09. The van der Waals surface area contributed by atoms with Crippen LogP contribution in [0.4, 0.5) is 5.82 Å². The van der Waals surface area contributed by atoms with Crippen molar-refractivity contribution in [1.29, 1.82) is 0 Å². The molecule has 202 valence electrons. The van der Waals surface area contributed by atoms with Crippen LogP contribution in [0.3, 0.4) is 0 Å². The summed E-state index contributed by atoms with van der Waals surface area (Å²) in [5, 5.41) is 49.0. The van der Waals surface area contributed by atoms with Gasteiger partial charge in [-0.25, -0.2) is 24.1 Å². The summed E-state index contributed by atoms with van der Waals surface area (Å²) in [7, 11) is -10.6. The van der Waals surface area contributed by atoms with E-state index in [2.05, 4.69) is 28.3 Å². The van der Waals surface area contributed by atoms with Crippen molar-refractivity contribution in [1.82, 2.24) is 19.5 Å². The molecule has 0 saturated carbocycles. The number of phosphoric acid groups is 2. The minimum Gasteiger partial charge on any atom is -0.387 e. The summed E-state index contributed by atoms with van der Waals surface area (Å²) in [5.74, 6) is 0.0575. The Kier molecular flexibility index (Phi) is 7.78. The van der Waals surface area contributed by atoms with E-state index in [1.165, 1.54) is 10.9 Å². The van der Waals surface area contributed by atoms with E-state index in [0.29, 0.717) is 0 Å². The number of nitrogens with two attached hydrogens (primary N) is 1. The summed E-state index contributed by atoms with van der Waals surface area (Å²) < 4.78 is 48.8. The number of aromatic nitrogens is 4. The summed E-state index contributed by atoms with van der Waals surface area (Å²) in [6.07, 6.45) is -10.1. The molecule has 4 heterocycles. The fraction of sp³-hybridized carbons (Fsp3) is 0.667. The molecule has 0 bridgehead atoms. The SMILES string of the molecule is Nc1ncnc2c1ncn2[C@@H]1O[C@H](COP(=O)(O)OP(=O)(O)OC[C@H]2O[C@H](O)[C@H](O)[C@@H]2O)[C@H](O)[C@H]1O. The predicted molar refractivity (Wildman–Crippen MR) is 111 cm³/mol. The van der Waals surface area contributed by atoms with Gasteiger partial charge in [0.15, 0.2) is 24.0 Å². The zero-order chi connectivity index (χ0) is 26.4. The van der Waals surface area contributed by atoms with Crippen LogP contribution in [0.5, 0.6) is 0 Å². The van der Waals surface area contributed by atoms with E-state index >= 15 is 0 Å². The molecule has 2 fully saturated rings. The van der Waals surface area contributed by atoms with E-state index < -0.39 is 78.0 Å². The lowest BCUT2D eigenvalue weighted by molar-refractivity contribution is -0.132. The first kappa shape index (κ1) is 27.4. The van der Waals surface area contributed by atoms with Crippen molar-refractivity contribution < 1.29 is 67.3 Å². The molecule has 4 rings (SSSR count). The van der Waals surface area contributed by atoms with Gasteiger partial charge < -0.3 is 50.5 Å². The highest BCUT2D eigenvalue weighted by Crippen LogP contribution is 2.60. The Bertz CT molecular complexity index is 1180. The van der Waals surface area contributed by atoms with Gasteiger partial charge in [-0.05, 0) is 0 Å². The smallest absolute Gasteiger partial charge is 0.387 e. The van der Waals surface area contributed by atoms with Crippen LogP contribution < -0.4 is 5.73 Å². The second-order valence-corrected chi connectivity index (χ2v) is 10.8. The number of hydrogen-bond acceptors (Lipinski definition) is 16. The maximum atomic E-state index is 12.2. The first-order valence-electron chi connectivity index (χ1n) is 10.1. The van der Waals surface area contributed by atoms with Crippen molar-refractivity contribution in [2.45, 2.75) is 49.1 Å². The van der Waals surface area contributed by atoms with Crippen LogP contribution in [0.25, 0.3) is 11.2 Å². The number of fused-ring (bicyclic) bond motifs is 1. The number of phosphoric ester groups is 2. The lowest BCUT2D eigenvalue weighted by Crippen LogP contribution is -2.34. The van der Waals surface area contributed by atoms with Gasteiger partial charge >= 0.3 is 15.6 Å². The number of rotatable bonds is 9. The second kappa shape index (κ2) is 10.2. The normalized spacial score (nSPS) is 36.2. The van der Waals surface area contributed by atoms with E-state index in [9.17, 15) is 44.4 Å². The molecule has 2 aromatic heterocycles. The number of aliphatic hydroxyl groups is 5. The van der Waals surface area contributed by atoms with Crippen LogP contribution in [0, 0.1) is 0 Å². The zero-order valence-corrected chi connectivity index (χ0v) is 19.7. The summed E-state index contributed by atoms with van der Waals surface area (Å²) in [6.45, 7) is -1.79. The Morgan fingerprint density at radius 2 is 1.47 bits per heavy atom. The minimum absolute atomic E-state index is 0.0575. The molecular formula is C15H23N5O14P2. The zero-order valence-electron chi connectivity index (χ0n) is 17.9. The molecule has 0 radical (unpaired) electrons. The average Bonchev–Trinajstić information content (AvgIpc) is 3.42. The molecule has 2 unspecified atom stereocenters. The van der Waals surface area contributed by atoms with Gasteiger partial charge in [0.2, 0.25) is 0 Å². The highest BCUT2D eigenvalue weighted by atomic mass is 31.3. The Morgan fingerprint density at radius 3 is 2.06 bits per heavy atom. The van der Waals surface area contributed by atoms with Gasteiger partial charge in [0.25, 0.3) is 0 Å². The van der Waals surface area contributed by atoms with Gasteiger partial charge in [-0.15, -0.1) is 0 Å². The molecule has 10 atom stereocenters. The highest BCUT2D eigenvalue weighted by Gasteiger charge is 2.47. The van der Waals surface area contributed by atoms with Gasteiger partial charge in [0, 0.05) is 0 Å². The van der Waals surface area contributed by atoms with Crippen molar-refractivity contribution in [3.8, 4) is 0 Å². The lowest BCUT2D eigenvalue weighted by atomic mass is 10.1. The van der Waals surface area contributed by atoms with Crippen molar-refractivity contribution in [2.75, 3.05) is 18.9 Å². The van der Waals surface area contributed by atoms with Crippen LogP contribution in [-0.4, -0.2) is 111 Å². The van der Waals surface area contributed by atoms with E-state index in [4.69, 9.17) is 15.2 Å². The summed E-state index contributed by atoms with van der Waals surface area (Å²) in [4.78, 5) is 31.3. The topological polar surface area (TPSA) is 292 Å². The van der Waals surface area contributed by atoms with E-state index in [1.807, 2.05) is 0 Å². The molecule has 9 N–H and O–H groups in total. The van der Waals surface area contributed by atoms with Crippen LogP contribution in [0.2, 0.25) is 0 Å². The number of imidazole rings is 1.